The fourth-order valence-corrected chi connectivity index (χ4v) is 4.87. The standard InChI is InChI=1S/C24H33N3O2.C2HF3O2/c1-16-6-9-18-23(17-7-8-17)26-20-15-22(21(28-2)14-19(20)24(18)25-16)29-13-5-12-27-10-3-4-11-27;3-2(4,5)1(6)7/h14-17,25H,3-13H2,1-2H3;(H,6,7). The normalized spacial score (nSPS) is 19.8. The van der Waals surface area contributed by atoms with Crippen molar-refractivity contribution in [2.75, 3.05) is 38.7 Å². The number of carbonyl (C=O) groups is 1. The van der Waals surface area contributed by atoms with Gasteiger partial charge in [-0.1, -0.05) is 0 Å². The zero-order valence-electron chi connectivity index (χ0n) is 20.8. The SMILES string of the molecule is COc1cc2c3c(c(C4CC4)nc2cc1OCCCN1CCCC1)CCC(C)N3.O=C(O)C(F)(F)F. The predicted octanol–water partition coefficient (Wildman–Crippen LogP) is 5.37. The van der Waals surface area contributed by atoms with E-state index in [1.807, 2.05) is 0 Å². The third-order valence-corrected chi connectivity index (χ3v) is 6.90. The fourth-order valence-electron chi connectivity index (χ4n) is 4.87. The number of likely N-dealkylation sites (tertiary alicyclic amines) is 1. The molecule has 36 heavy (non-hydrogen) atoms. The van der Waals surface area contributed by atoms with Crippen molar-refractivity contribution in [2.45, 2.75) is 70.0 Å². The third kappa shape index (κ3) is 6.32. The molecule has 2 N–H and O–H groups in total. The molecule has 3 aliphatic rings. The molecule has 2 aliphatic heterocycles. The number of benzene rings is 1. The van der Waals surface area contributed by atoms with Crippen LogP contribution in [0.5, 0.6) is 11.5 Å². The van der Waals surface area contributed by atoms with Crippen LogP contribution in [0.15, 0.2) is 12.1 Å². The minimum atomic E-state index is -5.08. The number of aliphatic carboxylic acids is 1. The maximum absolute atomic E-state index is 10.6. The number of methoxy groups -OCH3 is 1. The quantitative estimate of drug-likeness (QED) is 0.486. The van der Waals surface area contributed by atoms with Crippen molar-refractivity contribution in [1.82, 2.24) is 9.88 Å². The lowest BCUT2D eigenvalue weighted by Crippen LogP contribution is -2.23. The van der Waals surface area contributed by atoms with Gasteiger partial charge in [0.05, 0.1) is 19.2 Å². The molecule has 7 nitrogen and oxygen atoms in total. The van der Waals surface area contributed by atoms with E-state index in [9.17, 15) is 13.2 Å². The number of pyridine rings is 1. The van der Waals surface area contributed by atoms with Crippen LogP contribution < -0.4 is 14.8 Å². The molecule has 1 aromatic heterocycles. The Labute approximate surface area is 209 Å². The van der Waals surface area contributed by atoms with Gasteiger partial charge >= 0.3 is 12.1 Å². The van der Waals surface area contributed by atoms with Crippen LogP contribution in [0.25, 0.3) is 10.9 Å². The van der Waals surface area contributed by atoms with E-state index in [4.69, 9.17) is 24.4 Å². The van der Waals surface area contributed by atoms with Crippen LogP contribution in [0.3, 0.4) is 0 Å². The monoisotopic (exact) mass is 509 g/mol. The van der Waals surface area contributed by atoms with E-state index < -0.39 is 12.1 Å². The topological polar surface area (TPSA) is 83.9 Å². The summed E-state index contributed by atoms with van der Waals surface area (Å²) in [5.41, 5.74) is 5.05. The van der Waals surface area contributed by atoms with E-state index in [0.29, 0.717) is 18.6 Å². The van der Waals surface area contributed by atoms with E-state index in [0.717, 1.165) is 41.8 Å². The number of nitrogens with one attached hydrogen (secondary N) is 1. The van der Waals surface area contributed by atoms with Gasteiger partial charge < -0.3 is 24.8 Å². The summed E-state index contributed by atoms with van der Waals surface area (Å²) in [4.78, 5) is 16.5. The maximum atomic E-state index is 10.6. The number of hydrogen-bond acceptors (Lipinski definition) is 6. The number of carboxylic acids is 1. The number of ether oxygens (including phenoxy) is 2. The molecule has 0 spiro atoms. The Morgan fingerprint density at radius 3 is 2.50 bits per heavy atom. The number of nitrogens with zero attached hydrogens (tertiary/aromatic N) is 2. The van der Waals surface area contributed by atoms with Crippen LogP contribution in [0.4, 0.5) is 18.9 Å². The molecule has 2 fully saturated rings. The third-order valence-electron chi connectivity index (χ3n) is 6.90. The number of anilines is 1. The molecular formula is C26H34F3N3O4. The lowest BCUT2D eigenvalue weighted by atomic mass is 9.93. The average Bonchev–Trinajstić information content (AvgIpc) is 3.55. The van der Waals surface area contributed by atoms with E-state index in [1.165, 1.54) is 62.1 Å². The van der Waals surface area contributed by atoms with Crippen molar-refractivity contribution in [3.8, 4) is 11.5 Å². The molecule has 0 amide bonds. The van der Waals surface area contributed by atoms with Gasteiger partial charge in [-0.3, -0.25) is 4.98 Å². The van der Waals surface area contributed by atoms with Crippen molar-refractivity contribution in [3.63, 3.8) is 0 Å². The Morgan fingerprint density at radius 2 is 1.89 bits per heavy atom. The second-order valence-electron chi connectivity index (χ2n) is 9.78. The van der Waals surface area contributed by atoms with Crippen LogP contribution >= 0.6 is 0 Å². The van der Waals surface area contributed by atoms with E-state index in [1.54, 1.807) is 7.11 Å². The van der Waals surface area contributed by atoms with Gasteiger partial charge in [0.15, 0.2) is 11.5 Å². The molecular weight excluding hydrogens is 475 g/mol. The Hall–Kier alpha value is -2.75. The van der Waals surface area contributed by atoms with Crippen LogP contribution in [0, 0.1) is 0 Å². The summed E-state index contributed by atoms with van der Waals surface area (Å²) in [6.07, 6.45) is 3.49. The summed E-state index contributed by atoms with van der Waals surface area (Å²) in [6.45, 7) is 6.58. The number of fused-ring (bicyclic) bond motifs is 3. The molecule has 5 rings (SSSR count). The number of rotatable bonds is 7. The predicted molar refractivity (Wildman–Crippen MR) is 131 cm³/mol. The lowest BCUT2D eigenvalue weighted by molar-refractivity contribution is -0.192. The van der Waals surface area contributed by atoms with Gasteiger partial charge in [0.2, 0.25) is 0 Å². The minimum absolute atomic E-state index is 0.493. The first-order valence-electron chi connectivity index (χ1n) is 12.6. The van der Waals surface area contributed by atoms with Crippen molar-refractivity contribution in [3.05, 3.63) is 23.4 Å². The Balaban J connectivity index is 0.000000384. The Kier molecular flexibility index (Phi) is 8.12. The molecule has 1 saturated heterocycles. The minimum Gasteiger partial charge on any atom is -0.493 e. The summed E-state index contributed by atoms with van der Waals surface area (Å²) in [5, 5.41) is 12.0. The molecule has 198 valence electrons. The van der Waals surface area contributed by atoms with Crippen molar-refractivity contribution in [1.29, 1.82) is 0 Å². The highest BCUT2D eigenvalue weighted by Gasteiger charge is 2.38. The number of alkyl halides is 3. The summed E-state index contributed by atoms with van der Waals surface area (Å²) < 4.78 is 43.6. The van der Waals surface area contributed by atoms with E-state index in [2.05, 4.69) is 29.3 Å². The van der Waals surface area contributed by atoms with Crippen molar-refractivity contribution in [2.24, 2.45) is 0 Å². The van der Waals surface area contributed by atoms with Gasteiger partial charge in [-0.2, -0.15) is 13.2 Å². The van der Waals surface area contributed by atoms with Gasteiger partial charge in [0.25, 0.3) is 0 Å². The molecule has 1 aromatic carbocycles. The van der Waals surface area contributed by atoms with Gasteiger partial charge in [-0.05, 0) is 76.6 Å². The molecule has 1 saturated carbocycles. The lowest BCUT2D eigenvalue weighted by Gasteiger charge is -2.28. The number of carboxylic acid groups (broad SMARTS) is 1. The molecule has 1 unspecified atom stereocenters. The number of aromatic nitrogens is 1. The van der Waals surface area contributed by atoms with Gasteiger partial charge in [0.1, 0.15) is 0 Å². The highest BCUT2D eigenvalue weighted by molar-refractivity contribution is 5.96. The summed E-state index contributed by atoms with van der Waals surface area (Å²) in [5.74, 6) is -0.482. The highest BCUT2D eigenvalue weighted by atomic mass is 19.4. The summed E-state index contributed by atoms with van der Waals surface area (Å²) in [7, 11) is 1.73. The van der Waals surface area contributed by atoms with E-state index in [-0.39, 0.29) is 0 Å². The van der Waals surface area contributed by atoms with Crippen LogP contribution in [0.2, 0.25) is 0 Å². The molecule has 10 heteroatoms. The number of hydrogen-bond donors (Lipinski definition) is 2. The zero-order valence-corrected chi connectivity index (χ0v) is 20.8. The Bertz CT molecular complexity index is 1080. The van der Waals surface area contributed by atoms with Gasteiger partial charge in [-0.15, -0.1) is 0 Å². The summed E-state index contributed by atoms with van der Waals surface area (Å²) in [6, 6.07) is 4.71. The maximum Gasteiger partial charge on any atom is 0.490 e. The molecule has 2 aromatic rings. The zero-order chi connectivity index (χ0) is 25.9. The molecule has 0 bridgehead atoms. The molecule has 0 radical (unpaired) electrons. The second kappa shape index (κ2) is 11.1. The molecule has 1 aliphatic carbocycles. The van der Waals surface area contributed by atoms with Crippen LogP contribution in [-0.4, -0.2) is 66.5 Å². The van der Waals surface area contributed by atoms with E-state index >= 15 is 0 Å². The second-order valence-corrected chi connectivity index (χ2v) is 9.78. The fraction of sp³-hybridized carbons (Fsp3) is 0.615. The smallest absolute Gasteiger partial charge is 0.490 e. The first-order chi connectivity index (χ1) is 17.2. The highest BCUT2D eigenvalue weighted by Crippen LogP contribution is 2.47. The van der Waals surface area contributed by atoms with Crippen LogP contribution in [0.1, 0.15) is 62.6 Å². The number of halogens is 3. The van der Waals surface area contributed by atoms with Crippen molar-refractivity contribution < 1.29 is 32.5 Å². The Morgan fingerprint density at radius 1 is 1.19 bits per heavy atom. The first-order valence-corrected chi connectivity index (χ1v) is 12.6. The van der Waals surface area contributed by atoms with Crippen molar-refractivity contribution >= 4 is 22.6 Å². The molecule has 1 atom stereocenters. The molecule has 3 heterocycles. The largest absolute Gasteiger partial charge is 0.493 e. The average molecular weight is 510 g/mol. The first kappa shape index (κ1) is 26.3. The van der Waals surface area contributed by atoms with Gasteiger partial charge in [0, 0.05) is 41.3 Å². The summed E-state index contributed by atoms with van der Waals surface area (Å²) >= 11 is 0. The van der Waals surface area contributed by atoms with Gasteiger partial charge in [-0.25, -0.2) is 4.79 Å². The van der Waals surface area contributed by atoms with Crippen LogP contribution in [-0.2, 0) is 11.2 Å².